The highest BCUT2D eigenvalue weighted by Crippen LogP contribution is 2.44. The molecule has 3 aromatic carbocycles. The van der Waals surface area contributed by atoms with E-state index >= 15 is 0 Å². The SMILES string of the molecule is O=C(Nc1cc(-n2cncn2)cc2c1C(c1cc(F)ccc1Cl)NC2O)c1cc(F)cc(C(F)(F)F)c1. The molecule has 37 heavy (non-hydrogen) atoms. The number of hydrogen-bond acceptors (Lipinski definition) is 5. The number of benzene rings is 3. The molecule has 0 bridgehead atoms. The summed E-state index contributed by atoms with van der Waals surface area (Å²) >= 11 is 6.29. The largest absolute Gasteiger partial charge is 0.416 e. The van der Waals surface area contributed by atoms with Gasteiger partial charge in [0.1, 0.15) is 30.5 Å². The number of rotatable bonds is 4. The molecule has 2 unspecified atom stereocenters. The van der Waals surface area contributed by atoms with Gasteiger partial charge in [0.05, 0.1) is 17.3 Å². The minimum absolute atomic E-state index is 0.0418. The summed E-state index contributed by atoms with van der Waals surface area (Å²) in [6, 6.07) is 7.18. The van der Waals surface area contributed by atoms with Gasteiger partial charge >= 0.3 is 6.18 Å². The first-order valence-corrected chi connectivity index (χ1v) is 11.0. The van der Waals surface area contributed by atoms with Gasteiger partial charge in [-0.25, -0.2) is 18.4 Å². The summed E-state index contributed by atoms with van der Waals surface area (Å²) in [6.45, 7) is 0. The maximum absolute atomic E-state index is 14.1. The van der Waals surface area contributed by atoms with Crippen LogP contribution in [0.1, 0.15) is 44.9 Å². The second-order valence-corrected chi connectivity index (χ2v) is 8.59. The zero-order valence-corrected chi connectivity index (χ0v) is 19.1. The molecule has 0 radical (unpaired) electrons. The first-order chi connectivity index (χ1) is 17.5. The molecule has 4 aromatic rings. The summed E-state index contributed by atoms with van der Waals surface area (Å²) in [5.74, 6) is -2.90. The van der Waals surface area contributed by atoms with Crippen molar-refractivity contribution in [2.45, 2.75) is 18.4 Å². The summed E-state index contributed by atoms with van der Waals surface area (Å²) in [6.07, 6.45) is -3.56. The Kier molecular flexibility index (Phi) is 6.18. The summed E-state index contributed by atoms with van der Waals surface area (Å²) in [5.41, 5.74) is -0.740. The third-order valence-corrected chi connectivity index (χ3v) is 6.14. The number of carbonyl (C=O) groups is 1. The van der Waals surface area contributed by atoms with Crippen LogP contribution in [-0.2, 0) is 6.18 Å². The molecule has 1 aromatic heterocycles. The number of carbonyl (C=O) groups excluding carboxylic acids is 1. The molecule has 190 valence electrons. The number of nitrogens with one attached hydrogen (secondary N) is 2. The number of amides is 1. The van der Waals surface area contributed by atoms with Gasteiger partial charge in [-0.05, 0) is 54.1 Å². The number of halogens is 6. The lowest BCUT2D eigenvalue weighted by Gasteiger charge is -2.19. The van der Waals surface area contributed by atoms with Crippen LogP contribution in [0.5, 0.6) is 0 Å². The first kappa shape index (κ1) is 24.8. The number of aromatic nitrogens is 3. The van der Waals surface area contributed by atoms with Crippen LogP contribution in [-0.4, -0.2) is 25.8 Å². The van der Waals surface area contributed by atoms with Gasteiger partial charge < -0.3 is 10.4 Å². The van der Waals surface area contributed by atoms with Crippen molar-refractivity contribution in [3.63, 3.8) is 0 Å². The molecule has 1 aliphatic rings. The average molecular weight is 536 g/mol. The highest BCUT2D eigenvalue weighted by atomic mass is 35.5. The second-order valence-electron chi connectivity index (χ2n) is 8.18. The van der Waals surface area contributed by atoms with Gasteiger partial charge in [0.15, 0.2) is 0 Å². The lowest BCUT2D eigenvalue weighted by atomic mass is 9.95. The first-order valence-electron chi connectivity index (χ1n) is 10.6. The monoisotopic (exact) mass is 535 g/mol. The Morgan fingerprint density at radius 1 is 1.05 bits per heavy atom. The zero-order chi connectivity index (χ0) is 26.5. The van der Waals surface area contributed by atoms with E-state index in [1.165, 1.54) is 29.5 Å². The van der Waals surface area contributed by atoms with E-state index in [9.17, 15) is 31.9 Å². The smallest absolute Gasteiger partial charge is 0.374 e. The van der Waals surface area contributed by atoms with Gasteiger partial charge in [-0.3, -0.25) is 10.1 Å². The Morgan fingerprint density at radius 3 is 2.54 bits per heavy atom. The van der Waals surface area contributed by atoms with Gasteiger partial charge in [-0.1, -0.05) is 11.6 Å². The molecule has 1 amide bonds. The molecule has 2 atom stereocenters. The van der Waals surface area contributed by atoms with Crippen LogP contribution in [0.25, 0.3) is 5.69 Å². The van der Waals surface area contributed by atoms with Gasteiger partial charge in [-0.2, -0.15) is 18.3 Å². The highest BCUT2D eigenvalue weighted by Gasteiger charge is 2.36. The molecule has 5 rings (SSSR count). The number of alkyl halides is 3. The third-order valence-electron chi connectivity index (χ3n) is 5.79. The van der Waals surface area contributed by atoms with Crippen LogP contribution in [0.4, 0.5) is 27.6 Å². The Labute approximate surface area is 210 Å². The number of anilines is 1. The van der Waals surface area contributed by atoms with Crippen LogP contribution in [0.15, 0.2) is 61.2 Å². The van der Waals surface area contributed by atoms with Gasteiger partial charge in [0, 0.05) is 27.4 Å². The molecule has 0 spiro atoms. The van der Waals surface area contributed by atoms with E-state index in [4.69, 9.17) is 11.6 Å². The number of aliphatic hydroxyl groups is 1. The van der Waals surface area contributed by atoms with Crippen molar-refractivity contribution in [1.29, 1.82) is 0 Å². The van der Waals surface area contributed by atoms with E-state index in [1.807, 2.05) is 0 Å². The molecule has 0 saturated carbocycles. The Balaban J connectivity index is 1.64. The standard InChI is InChI=1S/C24H15ClF5N5O2/c25-18-2-1-13(26)6-16(18)21-20-17(23(37)34-21)7-15(35-10-31-9-32-35)8-19(20)33-22(36)11-3-12(24(28,29)30)5-14(27)4-11/h1-10,21,23,34,37H,(H,33,36). The van der Waals surface area contributed by atoms with Crippen molar-refractivity contribution in [1.82, 2.24) is 20.1 Å². The van der Waals surface area contributed by atoms with E-state index in [1.54, 1.807) is 6.07 Å². The number of aliphatic hydroxyl groups excluding tert-OH is 1. The molecule has 0 aliphatic carbocycles. The molecular weight excluding hydrogens is 521 g/mol. The fourth-order valence-electron chi connectivity index (χ4n) is 4.18. The van der Waals surface area contributed by atoms with E-state index in [2.05, 4.69) is 20.7 Å². The van der Waals surface area contributed by atoms with Crippen molar-refractivity contribution in [2.75, 3.05) is 5.32 Å². The van der Waals surface area contributed by atoms with Gasteiger partial charge in [0.2, 0.25) is 0 Å². The third kappa shape index (κ3) is 4.78. The minimum Gasteiger partial charge on any atom is -0.374 e. The van der Waals surface area contributed by atoms with E-state index in [0.29, 0.717) is 17.8 Å². The number of fused-ring (bicyclic) bond motifs is 1. The molecule has 0 fully saturated rings. The summed E-state index contributed by atoms with van der Waals surface area (Å²) in [4.78, 5) is 16.9. The molecule has 0 saturated heterocycles. The summed E-state index contributed by atoms with van der Waals surface area (Å²) < 4.78 is 68.9. The van der Waals surface area contributed by atoms with Crippen molar-refractivity contribution in [3.05, 3.63) is 106 Å². The predicted molar refractivity (Wildman–Crippen MR) is 122 cm³/mol. The normalized spacial score (nSPS) is 17.1. The Bertz CT molecular complexity index is 1510. The Morgan fingerprint density at radius 2 is 1.84 bits per heavy atom. The van der Waals surface area contributed by atoms with Crippen LogP contribution < -0.4 is 10.6 Å². The predicted octanol–water partition coefficient (Wildman–Crippen LogP) is 5.15. The number of nitrogens with zero attached hydrogens (tertiary/aromatic N) is 3. The van der Waals surface area contributed by atoms with E-state index in [-0.39, 0.29) is 33.5 Å². The lowest BCUT2D eigenvalue weighted by molar-refractivity contribution is -0.137. The van der Waals surface area contributed by atoms with E-state index < -0.39 is 47.1 Å². The number of hydrogen-bond donors (Lipinski definition) is 3. The maximum atomic E-state index is 14.1. The Hall–Kier alpha value is -3.87. The lowest BCUT2D eigenvalue weighted by Crippen LogP contribution is -2.20. The molecular formula is C24H15ClF5N5O2. The summed E-state index contributed by atoms with van der Waals surface area (Å²) in [7, 11) is 0. The molecule has 1 aliphatic heterocycles. The quantitative estimate of drug-likeness (QED) is 0.314. The minimum atomic E-state index is -4.88. The van der Waals surface area contributed by atoms with Gasteiger partial charge in [-0.15, -0.1) is 0 Å². The molecule has 7 nitrogen and oxygen atoms in total. The molecule has 2 heterocycles. The zero-order valence-electron chi connectivity index (χ0n) is 18.4. The van der Waals surface area contributed by atoms with E-state index in [0.717, 1.165) is 12.1 Å². The van der Waals surface area contributed by atoms with Crippen LogP contribution in [0, 0.1) is 11.6 Å². The van der Waals surface area contributed by atoms with Gasteiger partial charge in [0.25, 0.3) is 5.91 Å². The summed E-state index contributed by atoms with van der Waals surface area (Å²) in [5, 5.41) is 20.3. The van der Waals surface area contributed by atoms with Crippen LogP contribution in [0.3, 0.4) is 0 Å². The average Bonchev–Trinajstić information content (AvgIpc) is 3.48. The van der Waals surface area contributed by atoms with Crippen molar-refractivity contribution in [2.24, 2.45) is 0 Å². The fourth-order valence-corrected chi connectivity index (χ4v) is 4.40. The maximum Gasteiger partial charge on any atom is 0.416 e. The molecule has 13 heteroatoms. The highest BCUT2D eigenvalue weighted by molar-refractivity contribution is 6.31. The molecule has 3 N–H and O–H groups in total. The fraction of sp³-hybridized carbons (Fsp3) is 0.125. The topological polar surface area (TPSA) is 92.1 Å². The van der Waals surface area contributed by atoms with Crippen molar-refractivity contribution >= 4 is 23.2 Å². The van der Waals surface area contributed by atoms with Crippen LogP contribution >= 0.6 is 11.6 Å². The van der Waals surface area contributed by atoms with Crippen molar-refractivity contribution < 1.29 is 31.9 Å². The second kappa shape index (κ2) is 9.21. The van der Waals surface area contributed by atoms with Crippen molar-refractivity contribution in [3.8, 4) is 5.69 Å². The van der Waals surface area contributed by atoms with Crippen LogP contribution in [0.2, 0.25) is 5.02 Å².